The molecule has 0 heterocycles. The molecule has 3 N–H and O–H groups in total. The number of nitrogens with two attached hydrogens (primary N) is 1. The van der Waals surface area contributed by atoms with Crippen LogP contribution in [0, 0.1) is 5.92 Å². The van der Waals surface area contributed by atoms with E-state index in [-0.39, 0.29) is 24.2 Å². The van der Waals surface area contributed by atoms with Gasteiger partial charge < -0.3 is 11.1 Å². The molecule has 0 bridgehead atoms. The van der Waals surface area contributed by atoms with Gasteiger partial charge >= 0.3 is 0 Å². The average Bonchev–Trinajstić information content (AvgIpc) is 2.42. The summed E-state index contributed by atoms with van der Waals surface area (Å²) in [6, 6.07) is 9.73. The normalized spacial score (nSPS) is 11.9. The van der Waals surface area contributed by atoms with Crippen molar-refractivity contribution in [3.8, 4) is 0 Å². The van der Waals surface area contributed by atoms with Crippen LogP contribution in [0.3, 0.4) is 0 Å². The molecule has 0 aliphatic heterocycles. The Labute approximate surface area is 108 Å². The molecule has 1 aromatic carbocycles. The maximum atomic E-state index is 11.8. The molecule has 98 valence electrons. The van der Waals surface area contributed by atoms with Crippen molar-refractivity contribution in [3.63, 3.8) is 0 Å². The van der Waals surface area contributed by atoms with Crippen LogP contribution in [0.5, 0.6) is 0 Å². The minimum atomic E-state index is -0.163. The van der Waals surface area contributed by atoms with E-state index in [0.29, 0.717) is 19.4 Å². The number of rotatable bonds is 7. The molecule has 0 saturated carbocycles. The lowest BCUT2D eigenvalue weighted by Gasteiger charge is -2.11. The van der Waals surface area contributed by atoms with Crippen LogP contribution >= 0.6 is 0 Å². The van der Waals surface area contributed by atoms with E-state index in [1.54, 1.807) is 0 Å². The van der Waals surface area contributed by atoms with Crippen molar-refractivity contribution in [2.75, 3.05) is 6.54 Å². The number of carbonyl (C=O) groups is 2. The highest BCUT2D eigenvalue weighted by atomic mass is 16.2. The lowest BCUT2D eigenvalue weighted by atomic mass is 10.0. The Morgan fingerprint density at radius 1 is 1.28 bits per heavy atom. The zero-order valence-corrected chi connectivity index (χ0v) is 10.7. The summed E-state index contributed by atoms with van der Waals surface area (Å²) in [6.45, 7) is 2.40. The van der Waals surface area contributed by atoms with Gasteiger partial charge in [-0.15, -0.1) is 0 Å². The lowest BCUT2D eigenvalue weighted by Crippen LogP contribution is -2.29. The average molecular weight is 248 g/mol. The van der Waals surface area contributed by atoms with Gasteiger partial charge in [0, 0.05) is 18.9 Å². The summed E-state index contributed by atoms with van der Waals surface area (Å²) < 4.78 is 0. The summed E-state index contributed by atoms with van der Waals surface area (Å²) in [5, 5.41) is 2.86. The molecular formula is C14H20N2O2. The first-order valence-corrected chi connectivity index (χ1v) is 6.17. The van der Waals surface area contributed by atoms with Crippen molar-refractivity contribution in [1.29, 1.82) is 0 Å². The molecule has 1 atom stereocenters. The molecule has 4 nitrogen and oxygen atoms in total. The van der Waals surface area contributed by atoms with Crippen molar-refractivity contribution >= 4 is 11.7 Å². The van der Waals surface area contributed by atoms with Gasteiger partial charge in [0.25, 0.3) is 0 Å². The van der Waals surface area contributed by atoms with Crippen LogP contribution in [-0.4, -0.2) is 18.2 Å². The highest BCUT2D eigenvalue weighted by Gasteiger charge is 2.13. The summed E-state index contributed by atoms with van der Waals surface area (Å²) in [6.07, 6.45) is 0.924. The molecule has 0 aliphatic rings. The second-order valence-corrected chi connectivity index (χ2v) is 4.39. The Morgan fingerprint density at radius 3 is 2.56 bits per heavy atom. The summed E-state index contributed by atoms with van der Waals surface area (Å²) in [4.78, 5) is 22.8. The zero-order valence-electron chi connectivity index (χ0n) is 10.7. The zero-order chi connectivity index (χ0) is 13.4. The number of hydrogen-bond acceptors (Lipinski definition) is 3. The van der Waals surface area contributed by atoms with Crippen LogP contribution in [0.2, 0.25) is 0 Å². The molecular weight excluding hydrogens is 228 g/mol. The summed E-state index contributed by atoms with van der Waals surface area (Å²) in [7, 11) is 0. The first-order valence-electron chi connectivity index (χ1n) is 6.17. The maximum absolute atomic E-state index is 11.8. The molecule has 0 fully saturated rings. The first-order chi connectivity index (χ1) is 8.63. The van der Waals surface area contributed by atoms with E-state index < -0.39 is 0 Å². The van der Waals surface area contributed by atoms with Crippen LogP contribution in [0.4, 0.5) is 0 Å². The highest BCUT2D eigenvalue weighted by molar-refractivity contribution is 5.82. The smallest absolute Gasteiger partial charge is 0.223 e. The summed E-state index contributed by atoms with van der Waals surface area (Å²) in [5.41, 5.74) is 6.28. The second kappa shape index (κ2) is 7.61. The third kappa shape index (κ3) is 5.10. The van der Waals surface area contributed by atoms with Gasteiger partial charge in [-0.1, -0.05) is 37.3 Å². The fourth-order valence-electron chi connectivity index (χ4n) is 1.57. The molecule has 0 spiro atoms. The Bertz CT molecular complexity index is 390. The number of carbonyl (C=O) groups excluding carboxylic acids is 2. The Morgan fingerprint density at radius 2 is 1.94 bits per heavy atom. The first kappa shape index (κ1) is 14.4. The summed E-state index contributed by atoms with van der Waals surface area (Å²) in [5.74, 6) is -0.189. The van der Waals surface area contributed by atoms with Gasteiger partial charge in [-0.25, -0.2) is 0 Å². The maximum Gasteiger partial charge on any atom is 0.223 e. The molecule has 1 amide bonds. The van der Waals surface area contributed by atoms with E-state index in [0.717, 1.165) is 5.56 Å². The van der Waals surface area contributed by atoms with Gasteiger partial charge in [-0.05, 0) is 12.0 Å². The molecule has 1 aromatic rings. The third-order valence-corrected chi connectivity index (χ3v) is 2.84. The molecule has 18 heavy (non-hydrogen) atoms. The highest BCUT2D eigenvalue weighted by Crippen LogP contribution is 2.06. The number of benzene rings is 1. The van der Waals surface area contributed by atoms with Crippen molar-refractivity contribution in [2.45, 2.75) is 26.3 Å². The molecule has 0 aromatic heterocycles. The van der Waals surface area contributed by atoms with Crippen molar-refractivity contribution in [3.05, 3.63) is 35.9 Å². The molecule has 0 radical (unpaired) electrons. The van der Waals surface area contributed by atoms with Gasteiger partial charge in [0.05, 0.1) is 6.54 Å². The van der Waals surface area contributed by atoms with E-state index >= 15 is 0 Å². The number of Topliss-reactive ketones (excluding diaryl/α,β-unsaturated/α-hetero) is 1. The van der Waals surface area contributed by atoms with Crippen molar-refractivity contribution < 1.29 is 9.59 Å². The number of nitrogens with one attached hydrogen (secondary N) is 1. The monoisotopic (exact) mass is 248 g/mol. The van der Waals surface area contributed by atoms with Gasteiger partial charge in [-0.3, -0.25) is 9.59 Å². The fraction of sp³-hybridized carbons (Fsp3) is 0.429. The van der Waals surface area contributed by atoms with Gasteiger partial charge in [0.1, 0.15) is 5.78 Å². The Hall–Kier alpha value is -1.68. The predicted octanol–water partition coefficient (Wildman–Crippen LogP) is 1.25. The third-order valence-electron chi connectivity index (χ3n) is 2.84. The second-order valence-electron chi connectivity index (χ2n) is 4.39. The lowest BCUT2D eigenvalue weighted by molar-refractivity contribution is -0.125. The largest absolute Gasteiger partial charge is 0.352 e. The molecule has 0 saturated heterocycles. The minimum absolute atomic E-state index is 0.00212. The van der Waals surface area contributed by atoms with Crippen LogP contribution in [0.25, 0.3) is 0 Å². The molecule has 1 unspecified atom stereocenters. The van der Waals surface area contributed by atoms with Crippen molar-refractivity contribution in [1.82, 2.24) is 5.32 Å². The summed E-state index contributed by atoms with van der Waals surface area (Å²) >= 11 is 0. The van der Waals surface area contributed by atoms with Crippen LogP contribution in [0.15, 0.2) is 30.3 Å². The topological polar surface area (TPSA) is 72.2 Å². The number of amides is 1. The van der Waals surface area contributed by atoms with E-state index in [1.165, 1.54) is 0 Å². The van der Waals surface area contributed by atoms with Crippen LogP contribution in [0.1, 0.15) is 25.3 Å². The van der Waals surface area contributed by atoms with E-state index in [1.807, 2.05) is 37.3 Å². The minimum Gasteiger partial charge on any atom is -0.352 e. The predicted molar refractivity (Wildman–Crippen MR) is 70.7 cm³/mol. The quantitative estimate of drug-likeness (QED) is 0.762. The fourth-order valence-corrected chi connectivity index (χ4v) is 1.57. The number of hydrogen-bond donors (Lipinski definition) is 2. The molecule has 1 rings (SSSR count). The van der Waals surface area contributed by atoms with Gasteiger partial charge in [0.2, 0.25) is 5.91 Å². The van der Waals surface area contributed by atoms with E-state index in [2.05, 4.69) is 5.32 Å². The number of ketones is 1. The standard InChI is InChI=1S/C14H20N2O2/c1-11(7-8-13(17)9-15)14(18)16-10-12-5-3-2-4-6-12/h2-6,11H,7-10,15H2,1H3,(H,16,18). The molecule has 4 heteroatoms. The molecule has 0 aliphatic carbocycles. The van der Waals surface area contributed by atoms with E-state index in [4.69, 9.17) is 5.73 Å². The van der Waals surface area contributed by atoms with Gasteiger partial charge in [0.15, 0.2) is 0 Å². The van der Waals surface area contributed by atoms with Crippen molar-refractivity contribution in [2.24, 2.45) is 11.7 Å². The van der Waals surface area contributed by atoms with Crippen LogP contribution < -0.4 is 11.1 Å². The van der Waals surface area contributed by atoms with E-state index in [9.17, 15) is 9.59 Å². The van der Waals surface area contributed by atoms with Gasteiger partial charge in [-0.2, -0.15) is 0 Å². The Kier molecular flexibility index (Phi) is 6.08. The van der Waals surface area contributed by atoms with Crippen LogP contribution in [-0.2, 0) is 16.1 Å². The SMILES string of the molecule is CC(CCC(=O)CN)C(=O)NCc1ccccc1. The Balaban J connectivity index is 2.30.